The molecule has 0 spiro atoms. The van der Waals surface area contributed by atoms with Crippen LogP contribution in [0.4, 0.5) is 0 Å². The van der Waals surface area contributed by atoms with Gasteiger partial charge in [0.1, 0.15) is 6.04 Å². The molecular formula is C17H23N3O2. The Hall–Kier alpha value is -1.85. The predicted octanol–water partition coefficient (Wildman–Crippen LogP) is 1.87. The first-order valence-corrected chi connectivity index (χ1v) is 7.88. The molecule has 0 radical (unpaired) electrons. The Morgan fingerprint density at radius 2 is 2.14 bits per heavy atom. The second-order valence-corrected chi connectivity index (χ2v) is 5.97. The van der Waals surface area contributed by atoms with Crippen LogP contribution in [-0.4, -0.2) is 28.7 Å². The number of fused-ring (bicyclic) bond motifs is 2. The molecule has 0 aliphatic carbocycles. The van der Waals surface area contributed by atoms with E-state index in [1.807, 2.05) is 0 Å². The number of aliphatic carboxylic acids is 1. The van der Waals surface area contributed by atoms with Gasteiger partial charge >= 0.3 is 5.97 Å². The number of benzene rings is 1. The van der Waals surface area contributed by atoms with Gasteiger partial charge in [0.25, 0.3) is 0 Å². The lowest BCUT2D eigenvalue weighted by atomic mass is 10.0. The van der Waals surface area contributed by atoms with Crippen molar-refractivity contribution in [2.75, 3.05) is 7.05 Å². The molecule has 3 N–H and O–H groups in total. The van der Waals surface area contributed by atoms with Crippen LogP contribution in [0.5, 0.6) is 0 Å². The molecule has 0 fully saturated rings. The molecule has 2 aromatic rings. The maximum absolute atomic E-state index is 11.3. The highest BCUT2D eigenvalue weighted by atomic mass is 16.4. The molecule has 2 heterocycles. The summed E-state index contributed by atoms with van der Waals surface area (Å²) in [5.74, 6) is -0.804. The molecule has 0 bridgehead atoms. The Kier molecular flexibility index (Phi) is 4.18. The van der Waals surface area contributed by atoms with Gasteiger partial charge in [-0.1, -0.05) is 6.92 Å². The summed E-state index contributed by atoms with van der Waals surface area (Å²) in [5.41, 5.74) is 5.02. The first-order chi connectivity index (χ1) is 10.6. The zero-order valence-electron chi connectivity index (χ0n) is 13.1. The quantitative estimate of drug-likeness (QED) is 0.762. The maximum Gasteiger partial charge on any atom is 0.321 e. The molecule has 1 aromatic heterocycles. The van der Waals surface area contributed by atoms with Crippen LogP contribution in [0, 0.1) is 0 Å². The molecule has 22 heavy (non-hydrogen) atoms. The summed E-state index contributed by atoms with van der Waals surface area (Å²) < 4.78 is 2.26. The Labute approximate surface area is 130 Å². The van der Waals surface area contributed by atoms with Crippen LogP contribution in [-0.2, 0) is 30.8 Å². The Morgan fingerprint density at radius 1 is 1.41 bits per heavy atom. The van der Waals surface area contributed by atoms with Gasteiger partial charge in [-0.2, -0.15) is 0 Å². The van der Waals surface area contributed by atoms with E-state index in [-0.39, 0.29) is 0 Å². The average molecular weight is 301 g/mol. The number of aromatic nitrogens is 1. The van der Waals surface area contributed by atoms with Gasteiger partial charge in [0.05, 0.1) is 0 Å². The fourth-order valence-electron chi connectivity index (χ4n) is 3.28. The van der Waals surface area contributed by atoms with Gasteiger partial charge in [-0.25, -0.2) is 0 Å². The average Bonchev–Trinajstić information content (AvgIpc) is 3.07. The fourth-order valence-corrected chi connectivity index (χ4v) is 3.28. The molecule has 3 rings (SSSR count). The summed E-state index contributed by atoms with van der Waals surface area (Å²) in [6.45, 7) is 4.94. The van der Waals surface area contributed by atoms with Crippen molar-refractivity contribution in [1.82, 2.24) is 15.2 Å². The van der Waals surface area contributed by atoms with Gasteiger partial charge in [-0.05, 0) is 42.3 Å². The summed E-state index contributed by atoms with van der Waals surface area (Å²) >= 11 is 0. The Bertz CT molecular complexity index is 705. The molecule has 1 aliphatic heterocycles. The minimum absolute atomic E-state index is 0.505. The number of nitrogens with zero attached hydrogens (tertiary/aromatic N) is 1. The second kappa shape index (κ2) is 6.10. The number of hydrogen-bond donors (Lipinski definition) is 3. The predicted molar refractivity (Wildman–Crippen MR) is 87.0 cm³/mol. The van der Waals surface area contributed by atoms with Crippen molar-refractivity contribution in [2.45, 2.75) is 45.4 Å². The minimum Gasteiger partial charge on any atom is -0.480 e. The number of carboxylic acid groups (broad SMARTS) is 1. The SMILES string of the molecule is CCCn1cc(CC(NC)C(=O)O)c2cc3c(cc21)CNC3. The van der Waals surface area contributed by atoms with E-state index in [4.69, 9.17) is 0 Å². The molecule has 0 amide bonds. The molecule has 5 heteroatoms. The van der Waals surface area contributed by atoms with Gasteiger partial charge in [0.15, 0.2) is 0 Å². The largest absolute Gasteiger partial charge is 0.480 e. The van der Waals surface area contributed by atoms with E-state index in [2.05, 4.69) is 40.5 Å². The normalized spacial score (nSPS) is 15.2. The highest BCUT2D eigenvalue weighted by Crippen LogP contribution is 2.29. The van der Waals surface area contributed by atoms with Crippen LogP contribution in [0.25, 0.3) is 10.9 Å². The number of likely N-dealkylation sites (N-methyl/N-ethyl adjacent to an activating group) is 1. The van der Waals surface area contributed by atoms with Gasteiger partial charge in [-0.15, -0.1) is 0 Å². The molecule has 5 nitrogen and oxygen atoms in total. The number of rotatable bonds is 6. The van der Waals surface area contributed by atoms with Crippen LogP contribution in [0.15, 0.2) is 18.3 Å². The summed E-state index contributed by atoms with van der Waals surface area (Å²) in [4.78, 5) is 11.3. The van der Waals surface area contributed by atoms with Crippen LogP contribution >= 0.6 is 0 Å². The van der Waals surface area contributed by atoms with Gasteiger partial charge in [-0.3, -0.25) is 4.79 Å². The highest BCUT2D eigenvalue weighted by molar-refractivity contribution is 5.87. The minimum atomic E-state index is -0.804. The lowest BCUT2D eigenvalue weighted by molar-refractivity contribution is -0.139. The fraction of sp³-hybridized carbons (Fsp3) is 0.471. The van der Waals surface area contributed by atoms with Crippen LogP contribution < -0.4 is 10.6 Å². The molecule has 118 valence electrons. The molecule has 1 atom stereocenters. The van der Waals surface area contributed by atoms with Gasteiger partial charge in [0, 0.05) is 43.2 Å². The van der Waals surface area contributed by atoms with Gasteiger partial charge < -0.3 is 20.3 Å². The Balaban J connectivity index is 2.07. The monoisotopic (exact) mass is 301 g/mol. The molecule has 1 unspecified atom stereocenters. The number of nitrogens with one attached hydrogen (secondary N) is 2. The number of carbonyl (C=O) groups is 1. The van der Waals surface area contributed by atoms with Gasteiger partial charge in [0.2, 0.25) is 0 Å². The van der Waals surface area contributed by atoms with E-state index in [0.717, 1.165) is 31.6 Å². The van der Waals surface area contributed by atoms with Crippen LogP contribution in [0.2, 0.25) is 0 Å². The molecule has 1 aromatic carbocycles. The highest BCUT2D eigenvalue weighted by Gasteiger charge is 2.20. The summed E-state index contributed by atoms with van der Waals surface area (Å²) in [7, 11) is 1.70. The number of hydrogen-bond acceptors (Lipinski definition) is 3. The smallest absolute Gasteiger partial charge is 0.321 e. The lowest BCUT2D eigenvalue weighted by Gasteiger charge is -2.10. The van der Waals surface area contributed by atoms with E-state index >= 15 is 0 Å². The standard InChI is InChI=1S/C17H23N3O2/c1-3-4-20-10-13(6-15(18-2)17(21)22)14-5-11-8-19-9-12(11)7-16(14)20/h5,7,10,15,18-19H,3-4,6,8-9H2,1-2H3,(H,21,22). The second-order valence-electron chi connectivity index (χ2n) is 5.97. The van der Waals surface area contributed by atoms with Crippen molar-refractivity contribution < 1.29 is 9.90 Å². The Morgan fingerprint density at radius 3 is 2.77 bits per heavy atom. The van der Waals surface area contributed by atoms with Crippen molar-refractivity contribution >= 4 is 16.9 Å². The maximum atomic E-state index is 11.3. The summed E-state index contributed by atoms with van der Waals surface area (Å²) in [5, 5.41) is 16.7. The van der Waals surface area contributed by atoms with Crippen LogP contribution in [0.1, 0.15) is 30.0 Å². The van der Waals surface area contributed by atoms with E-state index in [0.29, 0.717) is 6.42 Å². The van der Waals surface area contributed by atoms with E-state index in [1.165, 1.54) is 22.0 Å². The van der Waals surface area contributed by atoms with E-state index in [9.17, 15) is 9.90 Å². The van der Waals surface area contributed by atoms with Crippen molar-refractivity contribution in [3.8, 4) is 0 Å². The topological polar surface area (TPSA) is 66.3 Å². The molecule has 0 saturated heterocycles. The third kappa shape index (κ3) is 2.62. The third-order valence-corrected chi connectivity index (χ3v) is 4.45. The zero-order chi connectivity index (χ0) is 15.7. The van der Waals surface area contributed by atoms with Crippen molar-refractivity contribution in [3.63, 3.8) is 0 Å². The first-order valence-electron chi connectivity index (χ1n) is 7.88. The first kappa shape index (κ1) is 15.1. The molecule has 0 saturated carbocycles. The number of aryl methyl sites for hydroxylation is 1. The molecular weight excluding hydrogens is 278 g/mol. The third-order valence-electron chi connectivity index (χ3n) is 4.45. The molecule has 1 aliphatic rings. The van der Waals surface area contributed by atoms with E-state index in [1.54, 1.807) is 7.05 Å². The number of carboxylic acids is 1. The lowest BCUT2D eigenvalue weighted by Crippen LogP contribution is -2.35. The summed E-state index contributed by atoms with van der Waals surface area (Å²) in [6, 6.07) is 3.95. The van der Waals surface area contributed by atoms with E-state index < -0.39 is 12.0 Å². The van der Waals surface area contributed by atoms with Crippen molar-refractivity contribution in [1.29, 1.82) is 0 Å². The summed E-state index contributed by atoms with van der Waals surface area (Å²) in [6.07, 6.45) is 3.70. The van der Waals surface area contributed by atoms with Crippen molar-refractivity contribution in [2.24, 2.45) is 0 Å². The zero-order valence-corrected chi connectivity index (χ0v) is 13.1. The van der Waals surface area contributed by atoms with Crippen molar-refractivity contribution in [3.05, 3.63) is 35.0 Å². The van der Waals surface area contributed by atoms with Crippen LogP contribution in [0.3, 0.4) is 0 Å².